The third kappa shape index (κ3) is 3.71. The molecule has 0 aromatic carbocycles. The van der Waals surface area contributed by atoms with Crippen molar-refractivity contribution in [3.63, 3.8) is 0 Å². The number of likely N-dealkylation sites (N-methyl/N-ethyl adjacent to an activating group) is 1. The van der Waals surface area contributed by atoms with Gasteiger partial charge in [-0.3, -0.25) is 5.41 Å². The van der Waals surface area contributed by atoms with Gasteiger partial charge in [0.05, 0.1) is 18.1 Å². The summed E-state index contributed by atoms with van der Waals surface area (Å²) in [6.45, 7) is 5.73. The summed E-state index contributed by atoms with van der Waals surface area (Å²) >= 11 is 0. The molecule has 0 spiro atoms. The second-order valence-corrected chi connectivity index (χ2v) is 7.76. The fourth-order valence-electron chi connectivity index (χ4n) is 2.85. The summed E-state index contributed by atoms with van der Waals surface area (Å²) in [4.78, 5) is 10.7. The molecule has 2 N–H and O–H groups in total. The van der Waals surface area contributed by atoms with Gasteiger partial charge in [-0.05, 0) is 0 Å². The first kappa shape index (κ1) is 19.1. The van der Waals surface area contributed by atoms with Crippen molar-refractivity contribution in [2.24, 2.45) is 5.22 Å². The van der Waals surface area contributed by atoms with Gasteiger partial charge in [0.25, 0.3) is 5.92 Å². The Hall–Kier alpha value is -2.72. The van der Waals surface area contributed by atoms with Crippen LogP contribution in [0.2, 0.25) is 0 Å². The summed E-state index contributed by atoms with van der Waals surface area (Å²) in [7, 11) is 1.49. The summed E-state index contributed by atoms with van der Waals surface area (Å²) in [5.41, 5.74) is 7.10. The molecule has 0 unspecified atom stereocenters. The second-order valence-electron chi connectivity index (χ2n) is 7.76. The minimum atomic E-state index is -2.74. The van der Waals surface area contributed by atoms with E-state index in [1.54, 1.807) is 11.1 Å². The molecule has 1 fully saturated rings. The average Bonchev–Trinajstić information content (AvgIpc) is 3.15. The number of rotatable bonds is 4. The van der Waals surface area contributed by atoms with Gasteiger partial charge >= 0.3 is 0 Å². The Labute approximate surface area is 155 Å². The highest BCUT2D eigenvalue weighted by molar-refractivity contribution is 5.88. The second kappa shape index (κ2) is 6.46. The van der Waals surface area contributed by atoms with E-state index in [0.717, 1.165) is 5.01 Å². The van der Waals surface area contributed by atoms with E-state index in [-0.39, 0.29) is 37.3 Å². The molecule has 1 aliphatic heterocycles. The largest absolute Gasteiger partial charge is 0.350 e. The Bertz CT molecular complexity index is 884. The van der Waals surface area contributed by atoms with Crippen LogP contribution in [0, 0.1) is 10.9 Å². The van der Waals surface area contributed by atoms with Crippen molar-refractivity contribution in [1.29, 1.82) is 10.9 Å². The molecule has 0 amide bonds. The van der Waals surface area contributed by atoms with Crippen molar-refractivity contribution in [1.82, 2.24) is 24.8 Å². The van der Waals surface area contributed by atoms with Gasteiger partial charge in [-0.1, -0.05) is 26.0 Å². The normalized spacial score (nSPS) is 16.7. The third-order valence-electron chi connectivity index (χ3n) is 4.46. The van der Waals surface area contributed by atoms with E-state index in [2.05, 4.69) is 20.3 Å². The molecule has 9 nitrogen and oxygen atoms in total. The van der Waals surface area contributed by atoms with Crippen LogP contribution in [-0.4, -0.2) is 56.7 Å². The molecule has 0 radical (unpaired) electrons. The first-order chi connectivity index (χ1) is 12.5. The molecule has 2 aromatic rings. The number of anilines is 1. The van der Waals surface area contributed by atoms with Gasteiger partial charge in [-0.25, -0.2) is 28.4 Å². The molecular weight excluding hydrogens is 356 g/mol. The standard InChI is InChI=1S/C16H23F2N9/c1-15(2,3)14-22-12(26-6-5-16(17,18)9-26)10-7-21-27(13(10)23-14)8-11(19)25(4)24-20/h7,19-20H,5-6,8-9H2,1-4H3. The maximum Gasteiger partial charge on any atom is 0.266 e. The van der Waals surface area contributed by atoms with E-state index >= 15 is 0 Å². The van der Waals surface area contributed by atoms with E-state index in [0.29, 0.717) is 22.7 Å². The van der Waals surface area contributed by atoms with E-state index in [1.807, 2.05) is 20.8 Å². The van der Waals surface area contributed by atoms with E-state index < -0.39 is 5.92 Å². The van der Waals surface area contributed by atoms with Gasteiger partial charge in [0.1, 0.15) is 24.0 Å². The van der Waals surface area contributed by atoms with Crippen LogP contribution in [-0.2, 0) is 12.0 Å². The summed E-state index contributed by atoms with van der Waals surface area (Å²) < 4.78 is 29.0. The number of hydrogen-bond donors (Lipinski definition) is 2. The van der Waals surface area contributed by atoms with Gasteiger partial charge < -0.3 is 4.90 Å². The molecule has 11 heteroatoms. The summed E-state index contributed by atoms with van der Waals surface area (Å²) in [5, 5.41) is 17.1. The number of amidine groups is 1. The molecule has 1 saturated heterocycles. The molecule has 146 valence electrons. The zero-order valence-electron chi connectivity index (χ0n) is 15.8. The molecule has 0 atom stereocenters. The fourth-order valence-corrected chi connectivity index (χ4v) is 2.85. The van der Waals surface area contributed by atoms with Crippen molar-refractivity contribution in [3.05, 3.63) is 12.0 Å². The number of nitrogens with zero attached hydrogens (tertiary/aromatic N) is 7. The number of hydrogen-bond acceptors (Lipinski definition) is 7. The summed E-state index contributed by atoms with van der Waals surface area (Å²) in [5.74, 6) is -1.72. The molecule has 0 saturated carbocycles. The summed E-state index contributed by atoms with van der Waals surface area (Å²) in [6.07, 6.45) is 1.33. The van der Waals surface area contributed by atoms with Gasteiger partial charge in [0.15, 0.2) is 5.65 Å². The minimum absolute atomic E-state index is 0.0541. The number of aromatic nitrogens is 4. The molecule has 2 aromatic heterocycles. The van der Waals surface area contributed by atoms with Crippen LogP contribution in [0.3, 0.4) is 0 Å². The van der Waals surface area contributed by atoms with Crippen LogP contribution in [0.1, 0.15) is 33.0 Å². The Kier molecular flexibility index (Phi) is 4.56. The Morgan fingerprint density at radius 2 is 2.07 bits per heavy atom. The number of nitrogens with one attached hydrogen (secondary N) is 2. The van der Waals surface area contributed by atoms with Gasteiger partial charge in [-0.2, -0.15) is 10.6 Å². The van der Waals surface area contributed by atoms with E-state index in [1.165, 1.54) is 11.7 Å². The van der Waals surface area contributed by atoms with E-state index in [4.69, 9.17) is 10.9 Å². The zero-order valence-corrected chi connectivity index (χ0v) is 15.8. The molecule has 1 aliphatic rings. The molecule has 0 aliphatic carbocycles. The first-order valence-electron chi connectivity index (χ1n) is 8.57. The lowest BCUT2D eigenvalue weighted by molar-refractivity contribution is 0.0257. The lowest BCUT2D eigenvalue weighted by atomic mass is 9.95. The predicted octanol–water partition coefficient (Wildman–Crippen LogP) is 2.82. The van der Waals surface area contributed by atoms with Crippen molar-refractivity contribution in [2.75, 3.05) is 25.0 Å². The topological polar surface area (TPSA) is 110 Å². The van der Waals surface area contributed by atoms with Crippen molar-refractivity contribution in [3.8, 4) is 0 Å². The first-order valence-corrected chi connectivity index (χ1v) is 8.57. The van der Waals surface area contributed by atoms with Crippen LogP contribution in [0.4, 0.5) is 14.6 Å². The van der Waals surface area contributed by atoms with Gasteiger partial charge in [0, 0.05) is 25.4 Å². The predicted molar refractivity (Wildman–Crippen MR) is 96.4 cm³/mol. The molecule has 27 heavy (non-hydrogen) atoms. The van der Waals surface area contributed by atoms with E-state index in [9.17, 15) is 8.78 Å². The van der Waals surface area contributed by atoms with Crippen molar-refractivity contribution < 1.29 is 8.78 Å². The lowest BCUT2D eigenvalue weighted by Crippen LogP contribution is -2.28. The van der Waals surface area contributed by atoms with Crippen LogP contribution >= 0.6 is 0 Å². The molecular formula is C16H23F2N9. The Balaban J connectivity index is 2.10. The monoisotopic (exact) mass is 379 g/mol. The molecule has 3 heterocycles. The Morgan fingerprint density at radius 1 is 1.37 bits per heavy atom. The number of fused-ring (bicyclic) bond motifs is 1. The highest BCUT2D eigenvalue weighted by Crippen LogP contribution is 2.34. The zero-order chi connectivity index (χ0) is 20.0. The highest BCUT2D eigenvalue weighted by Gasteiger charge is 2.40. The average molecular weight is 379 g/mol. The van der Waals surface area contributed by atoms with Gasteiger partial charge in [-0.15, -0.1) is 0 Å². The van der Waals surface area contributed by atoms with Crippen LogP contribution in [0.5, 0.6) is 0 Å². The van der Waals surface area contributed by atoms with Crippen molar-refractivity contribution in [2.45, 2.75) is 45.1 Å². The summed E-state index contributed by atoms with van der Waals surface area (Å²) in [6, 6.07) is 0. The molecule has 3 rings (SSSR count). The molecule has 0 bridgehead atoms. The quantitative estimate of drug-likeness (QED) is 0.367. The minimum Gasteiger partial charge on any atom is -0.350 e. The number of alkyl halides is 2. The fraction of sp³-hybridized carbons (Fsp3) is 0.625. The van der Waals surface area contributed by atoms with Crippen molar-refractivity contribution >= 4 is 22.7 Å². The van der Waals surface area contributed by atoms with Crippen LogP contribution < -0.4 is 4.90 Å². The third-order valence-corrected chi connectivity index (χ3v) is 4.46. The SMILES string of the molecule is CN(N=N)C(=N)Cn1ncc2c(N3CCC(F)(F)C3)nc(C(C)(C)C)nc21. The lowest BCUT2D eigenvalue weighted by Gasteiger charge is -2.22. The highest BCUT2D eigenvalue weighted by atomic mass is 19.3. The maximum atomic E-state index is 13.8. The Morgan fingerprint density at radius 3 is 2.63 bits per heavy atom. The maximum absolute atomic E-state index is 13.8. The van der Waals surface area contributed by atoms with Crippen LogP contribution in [0.15, 0.2) is 11.4 Å². The van der Waals surface area contributed by atoms with Crippen LogP contribution in [0.25, 0.3) is 11.0 Å². The smallest absolute Gasteiger partial charge is 0.266 e. The number of halogens is 2. The van der Waals surface area contributed by atoms with Gasteiger partial charge in [0.2, 0.25) is 0 Å².